The molecule has 0 aliphatic rings. The molecular weight excluding hydrogens is 251 g/mol. The summed E-state index contributed by atoms with van der Waals surface area (Å²) in [7, 11) is 1.60. The highest BCUT2D eigenvalue weighted by Crippen LogP contribution is 2.17. The van der Waals surface area contributed by atoms with E-state index in [9.17, 15) is 14.0 Å². The number of hydrogen-bond acceptors (Lipinski definition) is 2. The Kier molecular flexibility index (Phi) is 4.86. The Morgan fingerprint density at radius 1 is 1.47 bits per heavy atom. The van der Waals surface area contributed by atoms with E-state index < -0.39 is 17.8 Å². The van der Waals surface area contributed by atoms with Crippen molar-refractivity contribution in [1.82, 2.24) is 4.90 Å². The molecule has 0 spiro atoms. The van der Waals surface area contributed by atoms with Gasteiger partial charge in [-0.2, -0.15) is 0 Å². The smallest absolute Gasteiger partial charge is 0.335 e. The molecule has 0 aliphatic carbocycles. The van der Waals surface area contributed by atoms with Gasteiger partial charge in [-0.1, -0.05) is 6.92 Å². The zero-order chi connectivity index (χ0) is 14.6. The minimum Gasteiger partial charge on any atom is -0.478 e. The molecule has 1 aromatic rings. The topological polar surface area (TPSA) is 69.6 Å². The molecule has 0 bridgehead atoms. The van der Waals surface area contributed by atoms with E-state index >= 15 is 0 Å². The summed E-state index contributed by atoms with van der Waals surface area (Å²) in [5.74, 6) is -1.85. The van der Waals surface area contributed by atoms with Crippen LogP contribution < -0.4 is 5.32 Å². The number of anilines is 1. The van der Waals surface area contributed by atoms with Crippen molar-refractivity contribution in [3.8, 4) is 0 Å². The average molecular weight is 268 g/mol. The Hall–Kier alpha value is -2.11. The number of aromatic carboxylic acids is 1. The molecule has 1 rings (SSSR count). The number of carboxylic acid groups (broad SMARTS) is 1. The highest BCUT2D eigenvalue weighted by Gasteiger charge is 2.16. The first-order valence-electron chi connectivity index (χ1n) is 5.93. The zero-order valence-electron chi connectivity index (χ0n) is 11.1. The molecule has 104 valence electrons. The average Bonchev–Trinajstić information content (AvgIpc) is 2.38. The summed E-state index contributed by atoms with van der Waals surface area (Å²) in [6, 6.07) is 2.79. The lowest BCUT2D eigenvalue weighted by atomic mass is 10.2. The van der Waals surface area contributed by atoms with Crippen molar-refractivity contribution in [2.24, 2.45) is 0 Å². The van der Waals surface area contributed by atoms with Crippen LogP contribution in [-0.2, 0) is 0 Å². The molecule has 5 nitrogen and oxygen atoms in total. The van der Waals surface area contributed by atoms with Crippen LogP contribution in [0, 0.1) is 5.82 Å². The number of nitrogens with zero attached hydrogens (tertiary/aromatic N) is 1. The summed E-state index contributed by atoms with van der Waals surface area (Å²) in [4.78, 5) is 24.1. The van der Waals surface area contributed by atoms with E-state index in [1.807, 2.05) is 13.8 Å². The molecular formula is C13H17FN2O3. The Morgan fingerprint density at radius 3 is 2.63 bits per heavy atom. The third-order valence-corrected chi connectivity index (χ3v) is 3.03. The molecule has 2 amide bonds. The first-order valence-corrected chi connectivity index (χ1v) is 5.93. The highest BCUT2D eigenvalue weighted by atomic mass is 19.1. The fourth-order valence-electron chi connectivity index (χ4n) is 1.43. The van der Waals surface area contributed by atoms with Crippen molar-refractivity contribution in [2.45, 2.75) is 26.3 Å². The van der Waals surface area contributed by atoms with Gasteiger partial charge >= 0.3 is 12.0 Å². The predicted octanol–water partition coefficient (Wildman–Crippen LogP) is 2.79. The lowest BCUT2D eigenvalue weighted by Crippen LogP contribution is -2.38. The monoisotopic (exact) mass is 268 g/mol. The van der Waals surface area contributed by atoms with Crippen molar-refractivity contribution in [2.75, 3.05) is 12.4 Å². The number of halogens is 1. The lowest BCUT2D eigenvalue weighted by Gasteiger charge is -2.24. The molecule has 1 aromatic carbocycles. The maximum Gasteiger partial charge on any atom is 0.335 e. The summed E-state index contributed by atoms with van der Waals surface area (Å²) in [5, 5.41) is 11.2. The highest BCUT2D eigenvalue weighted by molar-refractivity contribution is 5.93. The lowest BCUT2D eigenvalue weighted by molar-refractivity contribution is 0.0697. The molecule has 0 fully saturated rings. The minimum atomic E-state index is -1.18. The maximum atomic E-state index is 13.5. The van der Waals surface area contributed by atoms with Crippen LogP contribution in [0.1, 0.15) is 30.6 Å². The fraction of sp³-hybridized carbons (Fsp3) is 0.385. The molecule has 2 N–H and O–H groups in total. The quantitative estimate of drug-likeness (QED) is 0.882. The second kappa shape index (κ2) is 6.17. The minimum absolute atomic E-state index is 0.00529. The molecule has 0 radical (unpaired) electrons. The van der Waals surface area contributed by atoms with Crippen LogP contribution in [0.4, 0.5) is 14.9 Å². The molecule has 0 heterocycles. The van der Waals surface area contributed by atoms with Gasteiger partial charge < -0.3 is 15.3 Å². The normalized spacial score (nSPS) is 11.8. The SMILES string of the molecule is CCC(C)N(C)C(=O)Nc1cc(C(=O)O)ccc1F. The molecule has 1 atom stereocenters. The molecule has 0 saturated carbocycles. The van der Waals surface area contributed by atoms with Crippen LogP contribution in [0.5, 0.6) is 0 Å². The standard InChI is InChI=1S/C13H17FN2O3/c1-4-8(2)16(3)13(19)15-11-7-9(12(17)18)5-6-10(11)14/h5-8H,4H2,1-3H3,(H,15,19)(H,17,18). The van der Waals surface area contributed by atoms with Crippen LogP contribution >= 0.6 is 0 Å². The van der Waals surface area contributed by atoms with Crippen LogP contribution in [0.2, 0.25) is 0 Å². The summed E-state index contributed by atoms with van der Waals surface area (Å²) in [6.45, 7) is 3.80. The van der Waals surface area contributed by atoms with Gasteiger partial charge in [0.05, 0.1) is 11.3 Å². The maximum absolute atomic E-state index is 13.5. The van der Waals surface area contributed by atoms with Crippen molar-refractivity contribution in [3.63, 3.8) is 0 Å². The van der Waals surface area contributed by atoms with Crippen molar-refractivity contribution in [3.05, 3.63) is 29.6 Å². The van der Waals surface area contributed by atoms with Gasteiger partial charge in [0.1, 0.15) is 5.82 Å². The van der Waals surface area contributed by atoms with Crippen LogP contribution in [0.15, 0.2) is 18.2 Å². The number of benzene rings is 1. The Morgan fingerprint density at radius 2 is 2.11 bits per heavy atom. The summed E-state index contributed by atoms with van der Waals surface area (Å²) < 4.78 is 13.5. The van der Waals surface area contributed by atoms with E-state index in [-0.39, 0.29) is 17.3 Å². The first kappa shape index (κ1) is 14.9. The zero-order valence-corrected chi connectivity index (χ0v) is 11.1. The second-order valence-electron chi connectivity index (χ2n) is 4.30. The van der Waals surface area contributed by atoms with Crippen molar-refractivity contribution in [1.29, 1.82) is 0 Å². The number of rotatable bonds is 4. The van der Waals surface area contributed by atoms with Gasteiger partial charge in [0.2, 0.25) is 0 Å². The molecule has 0 aromatic heterocycles. The number of hydrogen-bond donors (Lipinski definition) is 2. The van der Waals surface area contributed by atoms with E-state index in [1.54, 1.807) is 7.05 Å². The van der Waals surface area contributed by atoms with Gasteiger partial charge in [-0.25, -0.2) is 14.0 Å². The molecule has 1 unspecified atom stereocenters. The van der Waals surface area contributed by atoms with Crippen LogP contribution in [-0.4, -0.2) is 35.1 Å². The Bertz CT molecular complexity index is 491. The van der Waals surface area contributed by atoms with E-state index in [4.69, 9.17) is 5.11 Å². The van der Waals surface area contributed by atoms with Crippen LogP contribution in [0.3, 0.4) is 0 Å². The molecule has 6 heteroatoms. The van der Waals surface area contributed by atoms with Gasteiger partial charge in [0, 0.05) is 13.1 Å². The Labute approximate surface area is 111 Å². The van der Waals surface area contributed by atoms with E-state index in [0.717, 1.165) is 24.6 Å². The van der Waals surface area contributed by atoms with Gasteiger partial charge in [-0.05, 0) is 31.5 Å². The third-order valence-electron chi connectivity index (χ3n) is 3.03. The van der Waals surface area contributed by atoms with E-state index in [0.29, 0.717) is 0 Å². The van der Waals surface area contributed by atoms with Crippen molar-refractivity contribution >= 4 is 17.7 Å². The van der Waals surface area contributed by atoms with Gasteiger partial charge in [-0.15, -0.1) is 0 Å². The number of nitrogens with one attached hydrogen (secondary N) is 1. The van der Waals surface area contributed by atoms with E-state index in [2.05, 4.69) is 5.32 Å². The first-order chi connectivity index (χ1) is 8.86. The number of urea groups is 1. The summed E-state index contributed by atoms with van der Waals surface area (Å²) in [6.07, 6.45) is 0.765. The van der Waals surface area contributed by atoms with Gasteiger partial charge in [0.15, 0.2) is 0 Å². The summed E-state index contributed by atoms with van der Waals surface area (Å²) in [5.41, 5.74) is -0.219. The number of carboxylic acids is 1. The largest absolute Gasteiger partial charge is 0.478 e. The van der Waals surface area contributed by atoms with Gasteiger partial charge in [-0.3, -0.25) is 0 Å². The second-order valence-corrected chi connectivity index (χ2v) is 4.30. The molecule has 0 saturated heterocycles. The Balaban J connectivity index is 2.90. The summed E-state index contributed by atoms with van der Waals surface area (Å²) >= 11 is 0. The molecule has 19 heavy (non-hydrogen) atoms. The van der Waals surface area contributed by atoms with Crippen LogP contribution in [0.25, 0.3) is 0 Å². The predicted molar refractivity (Wildman–Crippen MR) is 69.9 cm³/mol. The number of carbonyl (C=O) groups excluding carboxylic acids is 1. The van der Waals surface area contributed by atoms with E-state index in [1.165, 1.54) is 4.90 Å². The van der Waals surface area contributed by atoms with Gasteiger partial charge in [0.25, 0.3) is 0 Å². The van der Waals surface area contributed by atoms with Crippen molar-refractivity contribution < 1.29 is 19.1 Å². The number of carbonyl (C=O) groups is 2. The molecule has 0 aliphatic heterocycles. The third kappa shape index (κ3) is 3.67. The number of amides is 2. The fourth-order valence-corrected chi connectivity index (χ4v) is 1.43.